The van der Waals surface area contributed by atoms with Crippen LogP contribution in [0.15, 0.2) is 72.9 Å². The standard InChI is InChI=1S/C21H19FN2O/c22-19-8-2-1-7-18(19)17-13-11-16(12-14-17)6-5-10-21(25)24-20-9-3-4-15-23-20/h1-4,7-9,11-15H,5-6,10H2,(H,23,24,25). The third-order valence-electron chi connectivity index (χ3n) is 3.94. The Balaban J connectivity index is 1.51. The number of hydrogen-bond acceptors (Lipinski definition) is 2. The number of pyridine rings is 1. The van der Waals surface area contributed by atoms with E-state index in [-0.39, 0.29) is 11.7 Å². The van der Waals surface area contributed by atoms with Crippen molar-refractivity contribution in [3.05, 3.63) is 84.3 Å². The van der Waals surface area contributed by atoms with Gasteiger partial charge in [-0.15, -0.1) is 0 Å². The van der Waals surface area contributed by atoms with Gasteiger partial charge >= 0.3 is 0 Å². The minimum absolute atomic E-state index is 0.0401. The summed E-state index contributed by atoms with van der Waals surface area (Å²) in [5, 5.41) is 2.77. The van der Waals surface area contributed by atoms with Crippen LogP contribution in [0.3, 0.4) is 0 Å². The summed E-state index contributed by atoms with van der Waals surface area (Å²) in [5.74, 6) is 0.310. The van der Waals surface area contributed by atoms with E-state index in [1.54, 1.807) is 30.5 Å². The van der Waals surface area contributed by atoms with Crippen LogP contribution in [-0.4, -0.2) is 10.9 Å². The molecule has 3 rings (SSSR count). The molecule has 0 unspecified atom stereocenters. The Hall–Kier alpha value is -3.01. The average molecular weight is 334 g/mol. The number of hydrogen-bond donors (Lipinski definition) is 1. The van der Waals surface area contributed by atoms with E-state index in [9.17, 15) is 9.18 Å². The zero-order valence-corrected chi connectivity index (χ0v) is 13.8. The minimum Gasteiger partial charge on any atom is -0.311 e. The number of anilines is 1. The molecule has 0 fully saturated rings. The van der Waals surface area contributed by atoms with Crippen LogP contribution in [0.25, 0.3) is 11.1 Å². The van der Waals surface area contributed by atoms with Crippen molar-refractivity contribution in [1.82, 2.24) is 4.98 Å². The first-order valence-electron chi connectivity index (χ1n) is 8.27. The predicted molar refractivity (Wildman–Crippen MR) is 97.6 cm³/mol. The Morgan fingerprint density at radius 2 is 1.72 bits per heavy atom. The topological polar surface area (TPSA) is 42.0 Å². The van der Waals surface area contributed by atoms with Crippen molar-refractivity contribution in [3.8, 4) is 11.1 Å². The molecule has 0 radical (unpaired) electrons. The Kier molecular flexibility index (Phi) is 5.52. The van der Waals surface area contributed by atoms with Crippen molar-refractivity contribution in [2.45, 2.75) is 19.3 Å². The van der Waals surface area contributed by atoms with Crippen LogP contribution in [0.4, 0.5) is 10.2 Å². The number of carbonyl (C=O) groups is 1. The van der Waals surface area contributed by atoms with Gasteiger partial charge in [-0.05, 0) is 42.2 Å². The number of nitrogens with zero attached hydrogens (tertiary/aromatic N) is 1. The molecule has 0 saturated heterocycles. The lowest BCUT2D eigenvalue weighted by Crippen LogP contribution is -2.12. The maximum Gasteiger partial charge on any atom is 0.225 e. The van der Waals surface area contributed by atoms with Crippen molar-refractivity contribution < 1.29 is 9.18 Å². The van der Waals surface area contributed by atoms with Gasteiger partial charge in [-0.2, -0.15) is 0 Å². The Morgan fingerprint density at radius 1 is 0.960 bits per heavy atom. The Bertz CT molecular complexity index is 832. The van der Waals surface area contributed by atoms with Crippen LogP contribution < -0.4 is 5.32 Å². The number of aromatic nitrogens is 1. The second kappa shape index (κ2) is 8.20. The molecular formula is C21H19FN2O. The summed E-state index contributed by atoms with van der Waals surface area (Å²) >= 11 is 0. The molecule has 0 atom stereocenters. The van der Waals surface area contributed by atoms with Gasteiger partial charge in [0.1, 0.15) is 11.6 Å². The van der Waals surface area contributed by atoms with Gasteiger partial charge in [-0.25, -0.2) is 9.37 Å². The maximum absolute atomic E-state index is 13.8. The predicted octanol–water partition coefficient (Wildman–Crippen LogP) is 4.85. The number of benzene rings is 2. The van der Waals surface area contributed by atoms with E-state index in [2.05, 4.69) is 10.3 Å². The molecule has 3 aromatic rings. The summed E-state index contributed by atoms with van der Waals surface area (Å²) < 4.78 is 13.8. The van der Waals surface area contributed by atoms with Crippen LogP contribution in [-0.2, 0) is 11.2 Å². The van der Waals surface area contributed by atoms with Crippen molar-refractivity contribution in [1.29, 1.82) is 0 Å². The molecule has 0 aliphatic carbocycles. The van der Waals surface area contributed by atoms with Gasteiger partial charge < -0.3 is 5.32 Å². The van der Waals surface area contributed by atoms with Crippen molar-refractivity contribution >= 4 is 11.7 Å². The monoisotopic (exact) mass is 334 g/mol. The fourth-order valence-electron chi connectivity index (χ4n) is 2.64. The fourth-order valence-corrected chi connectivity index (χ4v) is 2.64. The van der Waals surface area contributed by atoms with Gasteiger partial charge in [-0.3, -0.25) is 4.79 Å². The molecule has 3 nitrogen and oxygen atoms in total. The SMILES string of the molecule is O=C(CCCc1ccc(-c2ccccc2F)cc1)Nc1ccccn1. The highest BCUT2D eigenvalue weighted by Gasteiger charge is 2.05. The molecule has 126 valence electrons. The van der Waals surface area contributed by atoms with Crippen LogP contribution >= 0.6 is 0 Å². The first-order chi connectivity index (χ1) is 12.2. The largest absolute Gasteiger partial charge is 0.311 e. The lowest BCUT2D eigenvalue weighted by Gasteiger charge is -2.06. The van der Waals surface area contributed by atoms with Gasteiger partial charge in [0.15, 0.2) is 0 Å². The number of amides is 1. The van der Waals surface area contributed by atoms with Gasteiger partial charge in [-0.1, -0.05) is 48.5 Å². The summed E-state index contributed by atoms with van der Waals surface area (Å²) in [4.78, 5) is 16.0. The highest BCUT2D eigenvalue weighted by atomic mass is 19.1. The summed E-state index contributed by atoms with van der Waals surface area (Å²) in [7, 11) is 0. The van der Waals surface area contributed by atoms with Crippen LogP contribution in [0.1, 0.15) is 18.4 Å². The van der Waals surface area contributed by atoms with Gasteiger partial charge in [0.25, 0.3) is 0 Å². The molecule has 2 aromatic carbocycles. The highest BCUT2D eigenvalue weighted by molar-refractivity contribution is 5.89. The van der Waals surface area contributed by atoms with E-state index in [4.69, 9.17) is 0 Å². The van der Waals surface area contributed by atoms with E-state index in [0.717, 1.165) is 24.0 Å². The Labute approximate surface area is 146 Å². The molecule has 0 spiro atoms. The summed E-state index contributed by atoms with van der Waals surface area (Å²) in [5.41, 5.74) is 2.59. The lowest BCUT2D eigenvalue weighted by molar-refractivity contribution is -0.116. The smallest absolute Gasteiger partial charge is 0.225 e. The fraction of sp³-hybridized carbons (Fsp3) is 0.143. The quantitative estimate of drug-likeness (QED) is 0.700. The van der Waals surface area contributed by atoms with Crippen LogP contribution in [0.5, 0.6) is 0 Å². The molecule has 0 saturated carbocycles. The first kappa shape index (κ1) is 16.8. The lowest BCUT2D eigenvalue weighted by atomic mass is 10.0. The third-order valence-corrected chi connectivity index (χ3v) is 3.94. The maximum atomic E-state index is 13.8. The number of aryl methyl sites for hydroxylation is 1. The Morgan fingerprint density at radius 3 is 2.44 bits per heavy atom. The first-order valence-corrected chi connectivity index (χ1v) is 8.27. The average Bonchev–Trinajstić information content (AvgIpc) is 2.64. The van der Waals surface area contributed by atoms with Crippen molar-refractivity contribution in [2.24, 2.45) is 0 Å². The third kappa shape index (κ3) is 4.73. The molecule has 0 aliphatic heterocycles. The molecule has 1 amide bonds. The highest BCUT2D eigenvalue weighted by Crippen LogP contribution is 2.23. The molecule has 1 N–H and O–H groups in total. The molecule has 1 aromatic heterocycles. The molecule has 1 heterocycles. The normalized spacial score (nSPS) is 10.4. The molecule has 0 aliphatic rings. The molecule has 0 bridgehead atoms. The zero-order valence-electron chi connectivity index (χ0n) is 13.8. The molecule has 25 heavy (non-hydrogen) atoms. The van der Waals surface area contributed by atoms with Gasteiger partial charge in [0.05, 0.1) is 0 Å². The van der Waals surface area contributed by atoms with Gasteiger partial charge in [0.2, 0.25) is 5.91 Å². The van der Waals surface area contributed by atoms with E-state index in [0.29, 0.717) is 17.8 Å². The second-order valence-electron chi connectivity index (χ2n) is 5.79. The van der Waals surface area contributed by atoms with E-state index in [1.165, 1.54) is 6.07 Å². The minimum atomic E-state index is -0.221. The summed E-state index contributed by atoms with van der Waals surface area (Å²) in [6.07, 6.45) is 3.63. The number of carbonyl (C=O) groups excluding carboxylic acids is 1. The van der Waals surface area contributed by atoms with Gasteiger partial charge in [0, 0.05) is 18.2 Å². The molecule has 4 heteroatoms. The second-order valence-corrected chi connectivity index (χ2v) is 5.79. The van der Waals surface area contributed by atoms with Crippen LogP contribution in [0, 0.1) is 5.82 Å². The van der Waals surface area contributed by atoms with E-state index >= 15 is 0 Å². The molecular weight excluding hydrogens is 315 g/mol. The zero-order chi connectivity index (χ0) is 17.5. The summed E-state index contributed by atoms with van der Waals surface area (Å²) in [6.45, 7) is 0. The van der Waals surface area contributed by atoms with Crippen molar-refractivity contribution in [2.75, 3.05) is 5.32 Å². The van der Waals surface area contributed by atoms with Crippen LogP contribution in [0.2, 0.25) is 0 Å². The van der Waals surface area contributed by atoms with Crippen molar-refractivity contribution in [3.63, 3.8) is 0 Å². The number of nitrogens with one attached hydrogen (secondary N) is 1. The summed E-state index contributed by atoms with van der Waals surface area (Å²) in [6, 6.07) is 19.9. The van der Waals surface area contributed by atoms with E-state index in [1.807, 2.05) is 36.4 Å². The van der Waals surface area contributed by atoms with E-state index < -0.39 is 0 Å². The number of rotatable bonds is 6. The number of halogens is 1.